The van der Waals surface area contributed by atoms with Gasteiger partial charge in [-0.3, -0.25) is 0 Å². The van der Waals surface area contributed by atoms with E-state index < -0.39 is 18.3 Å². The summed E-state index contributed by atoms with van der Waals surface area (Å²) < 4.78 is 52.8. The third kappa shape index (κ3) is 5.70. The zero-order valence-corrected chi connectivity index (χ0v) is 25.6. The van der Waals surface area contributed by atoms with Crippen molar-refractivity contribution in [1.82, 2.24) is 4.98 Å². The molecule has 2 heterocycles. The molecular formula is C27H36N2O6S2Si. The molecule has 1 atom stereocenters. The van der Waals surface area contributed by atoms with E-state index in [1.165, 1.54) is 15.6 Å². The number of fused-ring (bicyclic) bond motifs is 1. The van der Waals surface area contributed by atoms with E-state index >= 15 is 0 Å². The van der Waals surface area contributed by atoms with Gasteiger partial charge in [0.25, 0.3) is 10.0 Å². The molecular weight excluding hydrogens is 541 g/mol. The van der Waals surface area contributed by atoms with Crippen molar-refractivity contribution in [2.75, 3.05) is 25.1 Å². The number of nitrogens with zero attached hydrogens (tertiary/aromatic N) is 2. The quantitative estimate of drug-likeness (QED) is 0.272. The Balaban J connectivity index is 1.70. The van der Waals surface area contributed by atoms with Crippen molar-refractivity contribution in [3.05, 3.63) is 59.1 Å². The second-order valence-corrected chi connectivity index (χ2v) is 18.2. The predicted molar refractivity (Wildman–Crippen MR) is 153 cm³/mol. The number of ether oxygens (including phenoxy) is 3. The molecule has 1 aliphatic heterocycles. The summed E-state index contributed by atoms with van der Waals surface area (Å²) in [6.45, 7) is 11.6. The van der Waals surface area contributed by atoms with Gasteiger partial charge >= 0.3 is 0 Å². The van der Waals surface area contributed by atoms with Gasteiger partial charge < -0.3 is 18.6 Å². The van der Waals surface area contributed by atoms with Gasteiger partial charge in [-0.2, -0.15) is 0 Å². The van der Waals surface area contributed by atoms with E-state index in [0.717, 1.165) is 12.0 Å². The molecule has 0 saturated carbocycles. The molecule has 0 N–H and O–H groups in total. The third-order valence-corrected chi connectivity index (χ3v) is 14.4. The number of methoxy groups -OCH3 is 2. The van der Waals surface area contributed by atoms with E-state index in [9.17, 15) is 8.42 Å². The molecule has 0 saturated heterocycles. The van der Waals surface area contributed by atoms with Gasteiger partial charge in [0.15, 0.2) is 13.4 Å². The van der Waals surface area contributed by atoms with Crippen LogP contribution in [0.4, 0.5) is 5.13 Å². The summed E-state index contributed by atoms with van der Waals surface area (Å²) in [6.07, 6.45) is 2.19. The minimum absolute atomic E-state index is 0.0397. The summed E-state index contributed by atoms with van der Waals surface area (Å²) >= 11 is 1.25. The van der Waals surface area contributed by atoms with E-state index in [0.29, 0.717) is 34.6 Å². The monoisotopic (exact) mass is 576 g/mol. The van der Waals surface area contributed by atoms with Crippen LogP contribution >= 0.6 is 11.3 Å². The zero-order chi connectivity index (χ0) is 27.7. The summed E-state index contributed by atoms with van der Waals surface area (Å²) in [5.74, 6) is 1.69. The van der Waals surface area contributed by atoms with Gasteiger partial charge in [0.1, 0.15) is 17.2 Å². The molecule has 0 bridgehead atoms. The lowest BCUT2D eigenvalue weighted by molar-refractivity contribution is 0.122. The number of aromatic nitrogens is 1. The van der Waals surface area contributed by atoms with Crippen LogP contribution < -0.4 is 18.5 Å². The maximum atomic E-state index is 14.0. The molecule has 0 spiro atoms. The van der Waals surface area contributed by atoms with E-state index in [2.05, 4.69) is 38.8 Å². The number of thiazole rings is 1. The third-order valence-electron chi connectivity index (χ3n) is 7.24. The van der Waals surface area contributed by atoms with E-state index in [-0.39, 0.29) is 22.6 Å². The molecule has 206 valence electrons. The Hall–Kier alpha value is -2.60. The Kier molecular flexibility index (Phi) is 8.13. The van der Waals surface area contributed by atoms with Crippen LogP contribution in [0.15, 0.2) is 52.9 Å². The van der Waals surface area contributed by atoms with Crippen molar-refractivity contribution in [2.24, 2.45) is 0 Å². The van der Waals surface area contributed by atoms with Crippen LogP contribution in [0.3, 0.4) is 0 Å². The lowest BCUT2D eigenvalue weighted by Crippen LogP contribution is -2.42. The first-order valence-electron chi connectivity index (χ1n) is 12.4. The van der Waals surface area contributed by atoms with Crippen molar-refractivity contribution in [3.63, 3.8) is 0 Å². The zero-order valence-electron chi connectivity index (χ0n) is 23.0. The summed E-state index contributed by atoms with van der Waals surface area (Å²) in [5, 5.41) is 2.17. The van der Waals surface area contributed by atoms with Crippen molar-refractivity contribution in [3.8, 4) is 17.2 Å². The number of hydrogen-bond donors (Lipinski definition) is 0. The largest absolute Gasteiger partial charge is 0.497 e. The molecule has 2 aromatic carbocycles. The standard InChI is InChI=1S/C27H36N2O6S2Si/c1-27(2,3)38(6,7)35-23-12-14-34-25-17-21(10-11-22(23)25)37(30,31)29(26-28-13-15-36-26)18-19-8-9-20(32-4)16-24(19)33-5/h8-11,13,15-17,23H,12,14,18H2,1-7H3. The van der Waals surface area contributed by atoms with Gasteiger partial charge in [-0.05, 0) is 36.3 Å². The topological polar surface area (TPSA) is 87.2 Å². The molecule has 4 rings (SSSR count). The molecule has 8 nitrogen and oxygen atoms in total. The fourth-order valence-electron chi connectivity index (χ4n) is 4.01. The second kappa shape index (κ2) is 10.9. The first-order chi connectivity index (χ1) is 17.9. The molecule has 38 heavy (non-hydrogen) atoms. The van der Waals surface area contributed by atoms with Crippen molar-refractivity contribution >= 4 is 34.8 Å². The average molecular weight is 577 g/mol. The summed E-state index contributed by atoms with van der Waals surface area (Å²) in [6, 6.07) is 10.4. The van der Waals surface area contributed by atoms with Gasteiger partial charge in [0, 0.05) is 41.3 Å². The predicted octanol–water partition coefficient (Wildman–Crippen LogP) is 6.40. The van der Waals surface area contributed by atoms with Crippen LogP contribution in [0.2, 0.25) is 18.1 Å². The van der Waals surface area contributed by atoms with Gasteiger partial charge in [0.05, 0.1) is 38.4 Å². The molecule has 0 radical (unpaired) electrons. The minimum Gasteiger partial charge on any atom is -0.497 e. The van der Waals surface area contributed by atoms with Gasteiger partial charge in [0.2, 0.25) is 0 Å². The van der Waals surface area contributed by atoms with E-state index in [1.807, 2.05) is 6.07 Å². The molecule has 0 aliphatic carbocycles. The molecule has 0 fully saturated rings. The second-order valence-electron chi connectivity index (χ2n) is 10.7. The van der Waals surface area contributed by atoms with Crippen LogP contribution in [0.5, 0.6) is 17.2 Å². The average Bonchev–Trinajstić information content (AvgIpc) is 3.40. The Morgan fingerprint density at radius 1 is 1.13 bits per heavy atom. The molecule has 0 amide bonds. The highest BCUT2D eigenvalue weighted by molar-refractivity contribution is 7.93. The SMILES string of the molecule is COc1ccc(CN(c2nccs2)S(=O)(=O)c2ccc3c(c2)OCCC3O[Si](C)(C)C(C)(C)C)c(OC)c1. The highest BCUT2D eigenvalue weighted by Crippen LogP contribution is 2.44. The Morgan fingerprint density at radius 2 is 1.89 bits per heavy atom. The fraction of sp³-hybridized carbons (Fsp3) is 0.444. The lowest BCUT2D eigenvalue weighted by Gasteiger charge is -2.40. The molecule has 3 aromatic rings. The van der Waals surface area contributed by atoms with Crippen LogP contribution in [0, 0.1) is 0 Å². The Morgan fingerprint density at radius 3 is 2.53 bits per heavy atom. The van der Waals surface area contributed by atoms with Crippen molar-refractivity contribution in [1.29, 1.82) is 0 Å². The highest BCUT2D eigenvalue weighted by atomic mass is 32.2. The molecule has 1 unspecified atom stereocenters. The number of rotatable bonds is 9. The highest BCUT2D eigenvalue weighted by Gasteiger charge is 2.41. The number of sulfonamides is 1. The smallest absolute Gasteiger partial charge is 0.266 e. The van der Waals surface area contributed by atoms with Crippen molar-refractivity contribution < 1.29 is 27.1 Å². The van der Waals surface area contributed by atoms with Gasteiger partial charge in [-0.1, -0.05) is 26.8 Å². The normalized spacial score (nSPS) is 15.9. The maximum Gasteiger partial charge on any atom is 0.266 e. The van der Waals surface area contributed by atoms with Crippen LogP contribution in [0.1, 0.15) is 44.4 Å². The fourth-order valence-corrected chi connectivity index (χ4v) is 7.60. The molecule has 1 aliphatic rings. The Labute approximate surface area is 230 Å². The van der Waals surface area contributed by atoms with Gasteiger partial charge in [-0.25, -0.2) is 17.7 Å². The van der Waals surface area contributed by atoms with Crippen LogP contribution in [0.25, 0.3) is 0 Å². The van der Waals surface area contributed by atoms with Gasteiger partial charge in [-0.15, -0.1) is 11.3 Å². The Bertz CT molecular complexity index is 1370. The van der Waals surface area contributed by atoms with Crippen LogP contribution in [-0.4, -0.2) is 42.5 Å². The lowest BCUT2D eigenvalue weighted by atomic mass is 10.0. The molecule has 1 aromatic heterocycles. The molecule has 11 heteroatoms. The maximum absolute atomic E-state index is 14.0. The number of benzene rings is 2. The van der Waals surface area contributed by atoms with Crippen LogP contribution in [-0.2, 0) is 21.0 Å². The number of anilines is 1. The first-order valence-corrected chi connectivity index (χ1v) is 17.7. The summed E-state index contributed by atoms with van der Waals surface area (Å²) in [5.41, 5.74) is 1.57. The first kappa shape index (κ1) is 28.4. The number of hydrogen-bond acceptors (Lipinski definition) is 8. The summed E-state index contributed by atoms with van der Waals surface area (Å²) in [4.78, 5) is 4.44. The summed E-state index contributed by atoms with van der Waals surface area (Å²) in [7, 11) is -2.91. The van der Waals surface area contributed by atoms with Crippen molar-refractivity contribution in [2.45, 2.75) is 62.9 Å². The van der Waals surface area contributed by atoms with E-state index in [1.54, 1.807) is 56.1 Å². The minimum atomic E-state index is -3.99. The van der Waals surface area contributed by atoms with E-state index in [4.69, 9.17) is 18.6 Å².